The summed E-state index contributed by atoms with van der Waals surface area (Å²) in [4.78, 5) is 5.33. The molecule has 0 saturated heterocycles. The Balaban J connectivity index is 0.952. The van der Waals surface area contributed by atoms with Crippen molar-refractivity contribution in [1.82, 2.24) is 9.38 Å². The zero-order valence-electron chi connectivity index (χ0n) is 32.0. The van der Waals surface area contributed by atoms with Crippen LogP contribution in [-0.4, -0.2) is 9.38 Å². The van der Waals surface area contributed by atoms with Gasteiger partial charge in [-0.25, -0.2) is 4.98 Å². The van der Waals surface area contributed by atoms with Gasteiger partial charge in [-0.3, -0.25) is 4.40 Å². The molecule has 0 bridgehead atoms. The van der Waals surface area contributed by atoms with Gasteiger partial charge in [-0.2, -0.15) is 0 Å². The average molecular weight is 771 g/mol. The van der Waals surface area contributed by atoms with E-state index in [2.05, 4.69) is 156 Å². The van der Waals surface area contributed by atoms with Gasteiger partial charge in [0, 0.05) is 26.7 Å². The molecule has 0 N–H and O–H groups in total. The standard InChI is InChI=1S/C55H35N2OP/c58-59(45-15-2-1-3-16-45,47-29-24-36-10-4-5-12-41(36)32-47)46-27-22-38(23-28-46)37-18-20-39(21-19-37)44-26-31-51-53(35-44)57-52-34-43-14-7-6-13-42(43)33-50(52)49-30-25-40-11-8-9-17-48(40)54(49)55(57)56-51/h1-35H. The Morgan fingerprint density at radius 3 is 1.64 bits per heavy atom. The van der Waals surface area contributed by atoms with Crippen molar-refractivity contribution in [3.63, 3.8) is 0 Å². The summed E-state index contributed by atoms with van der Waals surface area (Å²) in [6.45, 7) is 0. The second-order valence-electron chi connectivity index (χ2n) is 15.5. The summed E-state index contributed by atoms with van der Waals surface area (Å²) in [5.74, 6) is 0. The molecule has 276 valence electrons. The van der Waals surface area contributed by atoms with Gasteiger partial charge in [-0.15, -0.1) is 0 Å². The molecule has 12 rings (SSSR count). The third-order valence-corrected chi connectivity index (χ3v) is 15.3. The first-order valence-electron chi connectivity index (χ1n) is 20.0. The van der Waals surface area contributed by atoms with Crippen molar-refractivity contribution in [3.05, 3.63) is 212 Å². The van der Waals surface area contributed by atoms with Crippen molar-refractivity contribution in [1.29, 1.82) is 0 Å². The minimum atomic E-state index is -3.13. The molecule has 0 radical (unpaired) electrons. The first kappa shape index (κ1) is 33.8. The number of hydrogen-bond donors (Lipinski definition) is 0. The summed E-state index contributed by atoms with van der Waals surface area (Å²) in [5.41, 5.74) is 8.63. The molecule has 2 heterocycles. The molecule has 3 nitrogen and oxygen atoms in total. The minimum absolute atomic E-state index is 0.821. The maximum absolute atomic E-state index is 15.3. The molecule has 12 aromatic rings. The lowest BCUT2D eigenvalue weighted by Gasteiger charge is -2.21. The molecule has 1 atom stereocenters. The third-order valence-electron chi connectivity index (χ3n) is 12.2. The molecule has 10 aromatic carbocycles. The van der Waals surface area contributed by atoms with Gasteiger partial charge in [-0.05, 0) is 90.3 Å². The lowest BCUT2D eigenvalue weighted by Crippen LogP contribution is -2.25. The lowest BCUT2D eigenvalue weighted by molar-refractivity contribution is 0.592. The fourth-order valence-corrected chi connectivity index (χ4v) is 11.9. The second kappa shape index (κ2) is 13.1. The fourth-order valence-electron chi connectivity index (χ4n) is 9.21. The van der Waals surface area contributed by atoms with Gasteiger partial charge in [0.1, 0.15) is 5.65 Å². The summed E-state index contributed by atoms with van der Waals surface area (Å²) in [6, 6.07) is 74.5. The zero-order valence-corrected chi connectivity index (χ0v) is 32.9. The number of benzene rings is 10. The van der Waals surface area contributed by atoms with Crippen LogP contribution < -0.4 is 15.9 Å². The van der Waals surface area contributed by atoms with E-state index >= 15 is 4.57 Å². The molecule has 0 aliphatic rings. The number of rotatable bonds is 5. The number of nitrogens with zero attached hydrogens (tertiary/aromatic N) is 2. The molecule has 59 heavy (non-hydrogen) atoms. The van der Waals surface area contributed by atoms with Crippen LogP contribution in [-0.2, 0) is 4.57 Å². The van der Waals surface area contributed by atoms with Crippen LogP contribution in [0.3, 0.4) is 0 Å². The molecule has 0 saturated carbocycles. The first-order chi connectivity index (χ1) is 29.1. The Morgan fingerprint density at radius 2 is 0.898 bits per heavy atom. The Morgan fingerprint density at radius 1 is 0.356 bits per heavy atom. The van der Waals surface area contributed by atoms with E-state index in [1.807, 2.05) is 60.7 Å². The van der Waals surface area contributed by atoms with E-state index in [1.54, 1.807) is 0 Å². The van der Waals surface area contributed by atoms with Crippen LogP contribution in [0.5, 0.6) is 0 Å². The van der Waals surface area contributed by atoms with E-state index in [0.29, 0.717) is 0 Å². The Kier molecular flexibility index (Phi) is 7.51. The van der Waals surface area contributed by atoms with E-state index in [0.717, 1.165) is 71.1 Å². The number of hydrogen-bond acceptors (Lipinski definition) is 2. The largest absolute Gasteiger partial charge is 0.309 e. The topological polar surface area (TPSA) is 34.4 Å². The van der Waals surface area contributed by atoms with E-state index in [4.69, 9.17) is 4.98 Å². The van der Waals surface area contributed by atoms with Crippen LogP contribution in [0.25, 0.3) is 92.9 Å². The predicted octanol–water partition coefficient (Wildman–Crippen LogP) is 13.2. The Hall–Kier alpha value is -7.32. The zero-order chi connectivity index (χ0) is 39.1. The summed E-state index contributed by atoms with van der Waals surface area (Å²) in [7, 11) is -3.13. The minimum Gasteiger partial charge on any atom is -0.309 e. The molecule has 0 fully saturated rings. The predicted molar refractivity (Wildman–Crippen MR) is 250 cm³/mol. The highest BCUT2D eigenvalue weighted by Crippen LogP contribution is 2.44. The molecule has 0 aliphatic heterocycles. The van der Waals surface area contributed by atoms with Crippen LogP contribution in [0.4, 0.5) is 0 Å². The number of imidazole rings is 1. The van der Waals surface area contributed by atoms with Gasteiger partial charge in [-0.1, -0.05) is 182 Å². The summed E-state index contributed by atoms with van der Waals surface area (Å²) < 4.78 is 17.7. The number of pyridine rings is 1. The van der Waals surface area contributed by atoms with Crippen LogP contribution in [0.1, 0.15) is 0 Å². The number of fused-ring (bicyclic) bond motifs is 12. The van der Waals surface area contributed by atoms with Crippen molar-refractivity contribution in [2.24, 2.45) is 0 Å². The van der Waals surface area contributed by atoms with Crippen LogP contribution in [0.2, 0.25) is 0 Å². The van der Waals surface area contributed by atoms with Crippen molar-refractivity contribution < 1.29 is 4.57 Å². The van der Waals surface area contributed by atoms with Gasteiger partial charge in [0.25, 0.3) is 0 Å². The van der Waals surface area contributed by atoms with Crippen LogP contribution in [0, 0.1) is 0 Å². The van der Waals surface area contributed by atoms with E-state index < -0.39 is 7.14 Å². The van der Waals surface area contributed by atoms with E-state index in [1.165, 1.54) is 37.7 Å². The average Bonchev–Trinajstić information content (AvgIpc) is 3.70. The third kappa shape index (κ3) is 5.29. The van der Waals surface area contributed by atoms with Crippen LogP contribution >= 0.6 is 7.14 Å². The van der Waals surface area contributed by atoms with Crippen molar-refractivity contribution in [3.8, 4) is 22.3 Å². The molecule has 0 amide bonds. The summed E-state index contributed by atoms with van der Waals surface area (Å²) in [5, 5.41) is 13.2. The smallest absolute Gasteiger partial charge is 0.171 e. The lowest BCUT2D eigenvalue weighted by atomic mass is 9.97. The molecule has 0 aliphatic carbocycles. The van der Waals surface area contributed by atoms with Gasteiger partial charge >= 0.3 is 0 Å². The van der Waals surface area contributed by atoms with Gasteiger partial charge in [0.05, 0.1) is 16.6 Å². The van der Waals surface area contributed by atoms with Gasteiger partial charge in [0.15, 0.2) is 7.14 Å². The molecule has 0 spiro atoms. The van der Waals surface area contributed by atoms with Crippen LogP contribution in [0.15, 0.2) is 212 Å². The molecular weight excluding hydrogens is 736 g/mol. The quantitative estimate of drug-likeness (QED) is 0.0992. The van der Waals surface area contributed by atoms with E-state index in [-0.39, 0.29) is 0 Å². The van der Waals surface area contributed by atoms with Crippen molar-refractivity contribution >= 4 is 93.7 Å². The highest BCUT2D eigenvalue weighted by Gasteiger charge is 2.30. The highest BCUT2D eigenvalue weighted by molar-refractivity contribution is 7.85. The number of aromatic nitrogens is 2. The maximum atomic E-state index is 15.3. The highest BCUT2D eigenvalue weighted by atomic mass is 31.2. The summed E-state index contributed by atoms with van der Waals surface area (Å²) in [6.07, 6.45) is 0. The Labute approximate surface area is 340 Å². The summed E-state index contributed by atoms with van der Waals surface area (Å²) >= 11 is 0. The molecule has 2 aromatic heterocycles. The molecular formula is C55H35N2OP. The van der Waals surface area contributed by atoms with Gasteiger partial charge < -0.3 is 4.57 Å². The molecule has 4 heteroatoms. The normalized spacial score (nSPS) is 12.9. The Bertz CT molecular complexity index is 3680. The van der Waals surface area contributed by atoms with E-state index in [9.17, 15) is 0 Å². The van der Waals surface area contributed by atoms with Gasteiger partial charge in [0.2, 0.25) is 0 Å². The maximum Gasteiger partial charge on any atom is 0.171 e. The van der Waals surface area contributed by atoms with Crippen molar-refractivity contribution in [2.45, 2.75) is 0 Å². The van der Waals surface area contributed by atoms with Crippen molar-refractivity contribution in [2.75, 3.05) is 0 Å². The molecule has 1 unspecified atom stereocenters. The first-order valence-corrected chi connectivity index (χ1v) is 21.8. The second-order valence-corrected chi connectivity index (χ2v) is 18.3. The SMILES string of the molecule is O=P(c1ccccc1)(c1ccc(-c2ccc(-c3ccc4nc5c6c7ccccc7ccc6c6cc7ccccc7cc6n5c4c3)cc2)cc1)c1ccc2ccccc2c1. The fraction of sp³-hybridized carbons (Fsp3) is 0. The monoisotopic (exact) mass is 770 g/mol.